The first kappa shape index (κ1) is 19.0. The second kappa shape index (κ2) is 7.98. The molecule has 1 N–H and O–H groups in total. The van der Waals surface area contributed by atoms with E-state index in [0.717, 1.165) is 60.2 Å². The maximum Gasteiger partial charge on any atom is 0.0577 e. The topological polar surface area (TPSA) is 20.2 Å². The van der Waals surface area contributed by atoms with Gasteiger partial charge in [-0.3, -0.25) is 0 Å². The highest BCUT2D eigenvalue weighted by Gasteiger charge is 2.50. The Morgan fingerprint density at radius 3 is 2.46 bits per heavy atom. The van der Waals surface area contributed by atoms with Crippen molar-refractivity contribution in [1.82, 2.24) is 0 Å². The lowest BCUT2D eigenvalue weighted by atomic mass is 9.56. The van der Waals surface area contributed by atoms with Gasteiger partial charge < -0.3 is 5.11 Å². The minimum Gasteiger partial charge on any atom is -0.393 e. The molecule has 148 valence electrons. The summed E-state index contributed by atoms with van der Waals surface area (Å²) in [4.78, 5) is 0. The van der Waals surface area contributed by atoms with E-state index < -0.39 is 0 Å². The number of hydrogen-bond acceptors (Lipinski definition) is 1. The summed E-state index contributed by atoms with van der Waals surface area (Å²) in [6.07, 6.45) is 17.5. The van der Waals surface area contributed by atoms with Crippen LogP contribution in [0.5, 0.6) is 0 Å². The molecule has 3 saturated carbocycles. The second-order valence-electron chi connectivity index (χ2n) is 10.8. The van der Waals surface area contributed by atoms with Crippen LogP contribution in [0.15, 0.2) is 11.6 Å². The minimum absolute atomic E-state index is 0.0482. The predicted molar refractivity (Wildman–Crippen MR) is 110 cm³/mol. The van der Waals surface area contributed by atoms with Gasteiger partial charge in [0.15, 0.2) is 0 Å². The van der Waals surface area contributed by atoms with Crippen LogP contribution in [0.2, 0.25) is 0 Å². The molecule has 0 heterocycles. The number of hydrogen-bond donors (Lipinski definition) is 1. The highest BCUT2D eigenvalue weighted by molar-refractivity contribution is 5.19. The van der Waals surface area contributed by atoms with Crippen molar-refractivity contribution < 1.29 is 5.11 Å². The van der Waals surface area contributed by atoms with Crippen LogP contribution in [0.4, 0.5) is 0 Å². The van der Waals surface area contributed by atoms with Crippen molar-refractivity contribution in [2.75, 3.05) is 0 Å². The van der Waals surface area contributed by atoms with Crippen molar-refractivity contribution >= 4 is 0 Å². The van der Waals surface area contributed by atoms with Gasteiger partial charge in [-0.25, -0.2) is 0 Å². The normalized spacial score (nSPS) is 43.4. The van der Waals surface area contributed by atoms with Gasteiger partial charge in [0.2, 0.25) is 0 Å². The molecule has 1 nitrogen and oxygen atoms in total. The first-order chi connectivity index (χ1) is 12.5. The number of fused-ring (bicyclic) bond motifs is 5. The lowest BCUT2D eigenvalue weighted by Crippen LogP contribution is -2.42. The van der Waals surface area contributed by atoms with Gasteiger partial charge in [0.1, 0.15) is 0 Å². The summed E-state index contributed by atoms with van der Waals surface area (Å²) in [6, 6.07) is 0. The maximum atomic E-state index is 10.1. The Labute approximate surface area is 162 Å². The molecular weight excluding hydrogens is 316 g/mol. The van der Waals surface area contributed by atoms with E-state index in [9.17, 15) is 5.11 Å². The monoisotopic (exact) mass is 358 g/mol. The Balaban J connectivity index is 1.39. The summed E-state index contributed by atoms with van der Waals surface area (Å²) in [5.74, 6) is 7.66. The predicted octanol–water partition coefficient (Wildman–Crippen LogP) is 6.61. The standard InChI is InChI=1S/C25H42O/c1-16(2)5-4-6-17(3)20-11-12-25-22(20)13-14-23-21-10-8-19(26)15-18(21)7-9-24(23)25/h7,16-17,19-26H,4-6,8-15H2,1-3H3. The number of rotatable bonds is 5. The van der Waals surface area contributed by atoms with Crippen molar-refractivity contribution in [3.63, 3.8) is 0 Å². The molecule has 0 saturated heterocycles. The zero-order chi connectivity index (χ0) is 18.3. The van der Waals surface area contributed by atoms with E-state index in [1.54, 1.807) is 5.57 Å². The molecule has 0 radical (unpaired) electrons. The van der Waals surface area contributed by atoms with E-state index in [0.29, 0.717) is 0 Å². The fourth-order valence-electron chi connectivity index (χ4n) is 7.72. The number of allylic oxidation sites excluding steroid dienone is 1. The van der Waals surface area contributed by atoms with E-state index in [1.807, 2.05) is 0 Å². The number of aliphatic hydroxyl groups is 1. The van der Waals surface area contributed by atoms with Crippen LogP contribution >= 0.6 is 0 Å². The summed E-state index contributed by atoms with van der Waals surface area (Å²) in [7, 11) is 0. The highest BCUT2D eigenvalue weighted by atomic mass is 16.3. The third-order valence-electron chi connectivity index (χ3n) is 8.97. The van der Waals surface area contributed by atoms with E-state index in [2.05, 4.69) is 26.8 Å². The van der Waals surface area contributed by atoms with Crippen LogP contribution in [0, 0.1) is 47.3 Å². The Hall–Kier alpha value is -0.300. The number of aliphatic hydroxyl groups excluding tert-OH is 1. The van der Waals surface area contributed by atoms with E-state index in [-0.39, 0.29) is 6.10 Å². The molecule has 8 atom stereocenters. The molecule has 26 heavy (non-hydrogen) atoms. The molecule has 0 aromatic heterocycles. The molecule has 4 aliphatic rings. The quantitative estimate of drug-likeness (QED) is 0.548. The second-order valence-corrected chi connectivity index (χ2v) is 10.8. The first-order valence-corrected chi connectivity index (χ1v) is 11.9. The zero-order valence-corrected chi connectivity index (χ0v) is 17.5. The molecule has 0 amide bonds. The van der Waals surface area contributed by atoms with Gasteiger partial charge in [0.05, 0.1) is 6.10 Å². The smallest absolute Gasteiger partial charge is 0.0577 e. The molecule has 3 fully saturated rings. The third-order valence-corrected chi connectivity index (χ3v) is 8.97. The van der Waals surface area contributed by atoms with Crippen LogP contribution < -0.4 is 0 Å². The Morgan fingerprint density at radius 2 is 1.65 bits per heavy atom. The molecule has 4 rings (SSSR count). The molecule has 0 aromatic carbocycles. The Morgan fingerprint density at radius 1 is 0.885 bits per heavy atom. The van der Waals surface area contributed by atoms with Crippen LogP contribution in [0.3, 0.4) is 0 Å². The van der Waals surface area contributed by atoms with Crippen molar-refractivity contribution in [1.29, 1.82) is 0 Å². The summed E-state index contributed by atoms with van der Waals surface area (Å²) in [5, 5.41) is 10.1. The molecule has 8 unspecified atom stereocenters. The molecule has 0 aromatic rings. The molecule has 0 spiro atoms. The largest absolute Gasteiger partial charge is 0.393 e. The minimum atomic E-state index is -0.0482. The highest BCUT2D eigenvalue weighted by Crippen LogP contribution is 2.59. The van der Waals surface area contributed by atoms with Gasteiger partial charge in [0.25, 0.3) is 0 Å². The molecule has 1 heteroatoms. The van der Waals surface area contributed by atoms with Gasteiger partial charge in [-0.05, 0) is 98.7 Å². The average Bonchev–Trinajstić information content (AvgIpc) is 3.05. The van der Waals surface area contributed by atoms with Crippen LogP contribution in [0.25, 0.3) is 0 Å². The lowest BCUT2D eigenvalue weighted by molar-refractivity contribution is 0.0281. The van der Waals surface area contributed by atoms with Gasteiger partial charge in [-0.15, -0.1) is 0 Å². The van der Waals surface area contributed by atoms with E-state index in [1.165, 1.54) is 57.8 Å². The van der Waals surface area contributed by atoms with Crippen LogP contribution in [0.1, 0.15) is 91.4 Å². The molecular formula is C25H42O. The summed E-state index contributed by atoms with van der Waals surface area (Å²) >= 11 is 0. The molecule has 4 aliphatic carbocycles. The first-order valence-electron chi connectivity index (χ1n) is 11.9. The Kier molecular flexibility index (Phi) is 5.84. The molecule has 0 aliphatic heterocycles. The fraction of sp³-hybridized carbons (Fsp3) is 0.920. The maximum absolute atomic E-state index is 10.1. The van der Waals surface area contributed by atoms with Crippen molar-refractivity contribution in [3.05, 3.63) is 11.6 Å². The third kappa shape index (κ3) is 3.67. The Bertz CT molecular complexity index is 506. The van der Waals surface area contributed by atoms with E-state index in [4.69, 9.17) is 0 Å². The SMILES string of the molecule is CC(C)CCCC(C)C1CCC2C1CCC1C3CCC(O)CC3=CCC12. The van der Waals surface area contributed by atoms with Gasteiger partial charge in [-0.1, -0.05) is 51.7 Å². The van der Waals surface area contributed by atoms with Crippen molar-refractivity contribution in [2.24, 2.45) is 47.3 Å². The van der Waals surface area contributed by atoms with Crippen molar-refractivity contribution in [3.8, 4) is 0 Å². The summed E-state index contributed by atoms with van der Waals surface area (Å²) in [5.41, 5.74) is 1.64. The van der Waals surface area contributed by atoms with Gasteiger partial charge >= 0.3 is 0 Å². The zero-order valence-electron chi connectivity index (χ0n) is 17.5. The summed E-state index contributed by atoms with van der Waals surface area (Å²) in [6.45, 7) is 7.31. The lowest BCUT2D eigenvalue weighted by Gasteiger charge is -2.50. The average molecular weight is 359 g/mol. The van der Waals surface area contributed by atoms with Crippen molar-refractivity contribution in [2.45, 2.75) is 97.5 Å². The van der Waals surface area contributed by atoms with Gasteiger partial charge in [-0.2, -0.15) is 0 Å². The van der Waals surface area contributed by atoms with Gasteiger partial charge in [0, 0.05) is 0 Å². The van der Waals surface area contributed by atoms with Crippen LogP contribution in [-0.2, 0) is 0 Å². The fourth-order valence-corrected chi connectivity index (χ4v) is 7.72. The molecule has 0 bridgehead atoms. The van der Waals surface area contributed by atoms with Crippen LogP contribution in [-0.4, -0.2) is 11.2 Å². The summed E-state index contributed by atoms with van der Waals surface area (Å²) < 4.78 is 0. The van der Waals surface area contributed by atoms with E-state index >= 15 is 0 Å².